The third-order valence-corrected chi connectivity index (χ3v) is 3.44. The van der Waals surface area contributed by atoms with E-state index >= 15 is 0 Å². The van der Waals surface area contributed by atoms with Crippen LogP contribution in [0.15, 0.2) is 46.9 Å². The molecule has 0 bridgehead atoms. The summed E-state index contributed by atoms with van der Waals surface area (Å²) >= 11 is 3.17. The Morgan fingerprint density at radius 3 is 2.76 bits per heavy atom. The van der Waals surface area contributed by atoms with Crippen molar-refractivity contribution in [2.24, 2.45) is 0 Å². The van der Waals surface area contributed by atoms with Crippen molar-refractivity contribution < 1.29 is 14.1 Å². The van der Waals surface area contributed by atoms with Gasteiger partial charge in [0.2, 0.25) is 0 Å². The molecular weight excluding hydrogens is 343 g/mol. The van der Waals surface area contributed by atoms with Crippen molar-refractivity contribution in [3.63, 3.8) is 0 Å². The van der Waals surface area contributed by atoms with E-state index in [4.69, 9.17) is 0 Å². The predicted octanol–water partition coefficient (Wildman–Crippen LogP) is 3.43. The lowest BCUT2D eigenvalue weighted by Gasteiger charge is -2.07. The summed E-state index contributed by atoms with van der Waals surface area (Å²) in [6.07, 6.45) is 0. The van der Waals surface area contributed by atoms with E-state index in [9.17, 15) is 19.3 Å². The molecule has 0 radical (unpaired) electrons. The average molecular weight is 353 g/mol. The second kappa shape index (κ2) is 6.45. The van der Waals surface area contributed by atoms with Gasteiger partial charge in [-0.15, -0.1) is 0 Å². The highest BCUT2D eigenvalue weighted by atomic mass is 79.9. The second-order valence-electron chi connectivity index (χ2n) is 4.23. The summed E-state index contributed by atoms with van der Waals surface area (Å²) < 4.78 is 13.6. The van der Waals surface area contributed by atoms with Gasteiger partial charge in [-0.05, 0) is 39.7 Å². The maximum atomic E-state index is 13.1. The summed E-state index contributed by atoms with van der Waals surface area (Å²) in [6.45, 7) is 0.115. The normalized spacial score (nSPS) is 10.2. The molecule has 0 unspecified atom stereocenters. The number of benzene rings is 2. The Morgan fingerprint density at radius 2 is 2.05 bits per heavy atom. The zero-order valence-electron chi connectivity index (χ0n) is 10.7. The third kappa shape index (κ3) is 3.85. The van der Waals surface area contributed by atoms with Crippen molar-refractivity contribution in [1.82, 2.24) is 5.32 Å². The molecule has 1 N–H and O–H groups in total. The molecule has 0 fully saturated rings. The summed E-state index contributed by atoms with van der Waals surface area (Å²) in [6, 6.07) is 9.74. The minimum atomic E-state index is -0.515. The molecule has 0 saturated heterocycles. The molecule has 0 atom stereocenters. The minimum absolute atomic E-state index is 0.0475. The maximum Gasteiger partial charge on any atom is 0.269 e. The molecule has 2 aromatic rings. The number of carbonyl (C=O) groups is 1. The molecule has 0 heterocycles. The lowest BCUT2D eigenvalue weighted by atomic mass is 10.1. The second-order valence-corrected chi connectivity index (χ2v) is 5.09. The molecule has 0 spiro atoms. The number of non-ortho nitro benzene ring substituents is 1. The van der Waals surface area contributed by atoms with E-state index in [1.807, 2.05) is 0 Å². The summed E-state index contributed by atoms with van der Waals surface area (Å²) in [5, 5.41) is 13.3. The predicted molar refractivity (Wildman–Crippen MR) is 78.4 cm³/mol. The fraction of sp³-hybridized carbons (Fsp3) is 0.0714. The topological polar surface area (TPSA) is 72.2 Å². The number of carbonyl (C=O) groups excluding carboxylic acids is 1. The summed E-state index contributed by atoms with van der Waals surface area (Å²) in [5.41, 5.74) is 0.708. The van der Waals surface area contributed by atoms with Gasteiger partial charge in [0.15, 0.2) is 0 Å². The van der Waals surface area contributed by atoms with Crippen LogP contribution in [0.3, 0.4) is 0 Å². The Bertz CT molecular complexity index is 706. The van der Waals surface area contributed by atoms with Crippen molar-refractivity contribution in [3.05, 3.63) is 74.0 Å². The monoisotopic (exact) mass is 352 g/mol. The van der Waals surface area contributed by atoms with Gasteiger partial charge in [-0.2, -0.15) is 0 Å². The molecule has 0 aliphatic heterocycles. The first kappa shape index (κ1) is 15.1. The number of rotatable bonds is 4. The molecule has 0 aliphatic carbocycles. The zero-order chi connectivity index (χ0) is 15.4. The van der Waals surface area contributed by atoms with Gasteiger partial charge in [0, 0.05) is 23.2 Å². The SMILES string of the molecule is O=C(NCc1cccc([N+](=O)[O-])c1)c1cc(F)ccc1Br. The number of hydrogen-bond acceptors (Lipinski definition) is 3. The van der Waals surface area contributed by atoms with Crippen molar-refractivity contribution in [3.8, 4) is 0 Å². The van der Waals surface area contributed by atoms with E-state index in [2.05, 4.69) is 21.2 Å². The molecule has 0 aromatic heterocycles. The molecular formula is C14H10BrFN2O3. The van der Waals surface area contributed by atoms with Crippen LogP contribution in [0.4, 0.5) is 10.1 Å². The van der Waals surface area contributed by atoms with Crippen LogP contribution in [0.5, 0.6) is 0 Å². The summed E-state index contributed by atoms with van der Waals surface area (Å²) in [5.74, 6) is -0.980. The quantitative estimate of drug-likeness (QED) is 0.676. The van der Waals surface area contributed by atoms with Crippen LogP contribution in [-0.2, 0) is 6.54 Å². The molecule has 21 heavy (non-hydrogen) atoms. The molecule has 2 rings (SSSR count). The van der Waals surface area contributed by atoms with Crippen molar-refractivity contribution >= 4 is 27.5 Å². The number of halogens is 2. The number of nitro groups is 1. The number of nitrogens with zero attached hydrogens (tertiary/aromatic N) is 1. The van der Waals surface area contributed by atoms with Gasteiger partial charge in [-0.1, -0.05) is 12.1 Å². The van der Waals surface area contributed by atoms with Crippen molar-refractivity contribution in [2.75, 3.05) is 0 Å². The van der Waals surface area contributed by atoms with E-state index in [0.717, 1.165) is 6.07 Å². The van der Waals surface area contributed by atoms with Gasteiger partial charge >= 0.3 is 0 Å². The highest BCUT2D eigenvalue weighted by Gasteiger charge is 2.12. The van der Waals surface area contributed by atoms with Crippen molar-refractivity contribution in [1.29, 1.82) is 0 Å². The molecule has 0 saturated carbocycles. The fourth-order valence-corrected chi connectivity index (χ4v) is 2.16. The number of nitrogens with one attached hydrogen (secondary N) is 1. The van der Waals surface area contributed by atoms with Crippen LogP contribution in [0.1, 0.15) is 15.9 Å². The zero-order valence-corrected chi connectivity index (χ0v) is 12.3. The van der Waals surface area contributed by atoms with E-state index in [1.165, 1.54) is 30.3 Å². The molecule has 7 heteroatoms. The molecule has 108 valence electrons. The Hall–Kier alpha value is -2.28. The largest absolute Gasteiger partial charge is 0.348 e. The van der Waals surface area contributed by atoms with E-state index in [0.29, 0.717) is 10.0 Å². The lowest BCUT2D eigenvalue weighted by Crippen LogP contribution is -2.23. The highest BCUT2D eigenvalue weighted by Crippen LogP contribution is 2.18. The van der Waals surface area contributed by atoms with Crippen LogP contribution < -0.4 is 5.32 Å². The van der Waals surface area contributed by atoms with E-state index in [1.54, 1.807) is 6.07 Å². The van der Waals surface area contributed by atoms with Gasteiger partial charge in [-0.25, -0.2) is 4.39 Å². The Labute approximate surface area is 128 Å². The van der Waals surface area contributed by atoms with Gasteiger partial charge in [0.05, 0.1) is 10.5 Å². The van der Waals surface area contributed by atoms with Gasteiger partial charge in [0.1, 0.15) is 5.82 Å². The van der Waals surface area contributed by atoms with Gasteiger partial charge < -0.3 is 5.32 Å². The average Bonchev–Trinajstić information content (AvgIpc) is 2.47. The molecule has 0 aliphatic rings. The Balaban J connectivity index is 2.09. The third-order valence-electron chi connectivity index (χ3n) is 2.75. The van der Waals surface area contributed by atoms with E-state index in [-0.39, 0.29) is 17.8 Å². The van der Waals surface area contributed by atoms with Crippen LogP contribution in [0.25, 0.3) is 0 Å². The van der Waals surface area contributed by atoms with Crippen LogP contribution >= 0.6 is 15.9 Å². The van der Waals surface area contributed by atoms with Crippen molar-refractivity contribution in [2.45, 2.75) is 6.54 Å². The highest BCUT2D eigenvalue weighted by molar-refractivity contribution is 9.10. The number of hydrogen-bond donors (Lipinski definition) is 1. The minimum Gasteiger partial charge on any atom is -0.348 e. The standard InChI is InChI=1S/C14H10BrFN2O3/c15-13-5-4-10(16)7-12(13)14(19)17-8-9-2-1-3-11(6-9)18(20)21/h1-7H,8H2,(H,17,19). The molecule has 5 nitrogen and oxygen atoms in total. The molecule has 2 aromatic carbocycles. The van der Waals surface area contributed by atoms with Crippen LogP contribution in [0, 0.1) is 15.9 Å². The van der Waals surface area contributed by atoms with Gasteiger partial charge in [0.25, 0.3) is 11.6 Å². The van der Waals surface area contributed by atoms with E-state index < -0.39 is 16.6 Å². The number of amides is 1. The van der Waals surface area contributed by atoms with Crippen LogP contribution in [-0.4, -0.2) is 10.8 Å². The van der Waals surface area contributed by atoms with Crippen LogP contribution in [0.2, 0.25) is 0 Å². The van der Waals surface area contributed by atoms with Gasteiger partial charge in [-0.3, -0.25) is 14.9 Å². The summed E-state index contributed by atoms with van der Waals surface area (Å²) in [4.78, 5) is 22.1. The number of nitro benzene ring substituents is 1. The maximum absolute atomic E-state index is 13.1. The first-order valence-electron chi connectivity index (χ1n) is 5.94. The smallest absolute Gasteiger partial charge is 0.269 e. The first-order chi connectivity index (χ1) is 9.97. The Kier molecular flexibility index (Phi) is 4.64. The Morgan fingerprint density at radius 1 is 1.29 bits per heavy atom. The molecule has 1 amide bonds. The lowest BCUT2D eigenvalue weighted by molar-refractivity contribution is -0.384. The fourth-order valence-electron chi connectivity index (χ4n) is 1.73. The first-order valence-corrected chi connectivity index (χ1v) is 6.73. The summed E-state index contributed by atoms with van der Waals surface area (Å²) in [7, 11) is 0.